The zero-order valence-electron chi connectivity index (χ0n) is 42.2. The second-order valence-corrected chi connectivity index (χ2v) is 19.8. The average molecular weight is 944 g/mol. The number of carbonyl (C=O) groups is 4. The van der Waals surface area contributed by atoms with Gasteiger partial charge in [-0.25, -0.2) is 4.79 Å². The highest BCUT2D eigenvalue weighted by molar-refractivity contribution is 5.83. The Balaban J connectivity index is 2.02. The van der Waals surface area contributed by atoms with Gasteiger partial charge in [0.05, 0.1) is 42.0 Å². The van der Waals surface area contributed by atoms with Crippen LogP contribution in [-0.4, -0.2) is 170 Å². The van der Waals surface area contributed by atoms with Crippen molar-refractivity contribution in [3.8, 4) is 0 Å². The zero-order valence-corrected chi connectivity index (χ0v) is 42.2. The number of ketones is 1. The first-order valence-corrected chi connectivity index (χ1v) is 23.8. The number of aliphatic hydroxyl groups excluding tert-OH is 2. The first-order chi connectivity index (χ1) is 30.8. The van der Waals surface area contributed by atoms with Crippen molar-refractivity contribution < 1.29 is 72.4 Å². The number of unbranched alkanes of at least 4 members (excludes halogenated alkanes) is 2. The van der Waals surface area contributed by atoms with Crippen LogP contribution in [-0.2, 0) is 52.3 Å². The molecule has 0 unspecified atom stereocenters. The van der Waals surface area contributed by atoms with Crippen LogP contribution in [0.4, 0.5) is 4.79 Å². The van der Waals surface area contributed by atoms with E-state index in [9.17, 15) is 34.5 Å². The van der Waals surface area contributed by atoms with Crippen molar-refractivity contribution >= 4 is 23.8 Å². The number of ether oxygens (including phenoxy) is 8. The largest absolute Gasteiger partial charge is 0.459 e. The lowest BCUT2D eigenvalue weighted by atomic mass is 9.74. The summed E-state index contributed by atoms with van der Waals surface area (Å²) >= 11 is 0. The SMILES string of the molecule is C=CCNC(=O)CCCCCNC(=O)O[C@H]1[C@H](C)O[C@@H](O[C@H]2[C@H](C)[C@@H](O[C@@H]3O[C@H](C)C[C@H](N(C)C)[C@H]3O)[C@@](C)(OC)C[C@@H](C)C(=O)[C@H](C)[C@@H](O)[C@](C)(O)[C@@H](CC)OC(=O)[C@@H]2C)C[C@@]1(C)OC. The molecule has 3 heterocycles. The lowest BCUT2D eigenvalue weighted by molar-refractivity contribution is -0.319. The van der Waals surface area contributed by atoms with E-state index in [1.54, 1.807) is 54.5 Å². The molecule has 18 atom stereocenters. The third-order valence-corrected chi connectivity index (χ3v) is 14.3. The van der Waals surface area contributed by atoms with Crippen molar-refractivity contribution in [1.82, 2.24) is 15.5 Å². The van der Waals surface area contributed by atoms with Gasteiger partial charge in [-0.05, 0) is 87.7 Å². The third kappa shape index (κ3) is 14.4. The summed E-state index contributed by atoms with van der Waals surface area (Å²) in [6.07, 6.45) is -6.04. The molecule has 382 valence electrons. The summed E-state index contributed by atoms with van der Waals surface area (Å²) < 4.78 is 50.9. The number of nitrogens with zero attached hydrogens (tertiary/aromatic N) is 1. The van der Waals surface area contributed by atoms with Crippen LogP contribution in [0.25, 0.3) is 0 Å². The van der Waals surface area contributed by atoms with Crippen LogP contribution in [0, 0.1) is 23.7 Å². The van der Waals surface area contributed by atoms with E-state index in [-0.39, 0.29) is 43.1 Å². The Bertz CT molecular complexity index is 1580. The Hall–Kier alpha value is -2.78. The van der Waals surface area contributed by atoms with E-state index in [0.717, 1.165) is 6.42 Å². The van der Waals surface area contributed by atoms with Gasteiger partial charge in [-0.1, -0.05) is 40.2 Å². The van der Waals surface area contributed by atoms with Crippen LogP contribution in [0.5, 0.6) is 0 Å². The molecule has 5 N–H and O–H groups in total. The fraction of sp³-hybridized carbons (Fsp3) is 0.875. The topological polar surface area (TPSA) is 230 Å². The number of rotatable bonds is 17. The van der Waals surface area contributed by atoms with Crippen molar-refractivity contribution in [2.75, 3.05) is 41.4 Å². The number of nitrogens with one attached hydrogen (secondary N) is 2. The number of esters is 1. The maximum Gasteiger partial charge on any atom is 0.407 e. The number of hydrogen-bond acceptors (Lipinski definition) is 16. The predicted octanol–water partition coefficient (Wildman–Crippen LogP) is 4.04. The van der Waals surface area contributed by atoms with Gasteiger partial charge in [-0.15, -0.1) is 6.58 Å². The fourth-order valence-corrected chi connectivity index (χ4v) is 10.0. The van der Waals surface area contributed by atoms with Crippen LogP contribution in [0.3, 0.4) is 0 Å². The second-order valence-electron chi connectivity index (χ2n) is 19.8. The molecule has 66 heavy (non-hydrogen) atoms. The van der Waals surface area contributed by atoms with E-state index in [2.05, 4.69) is 17.2 Å². The molecule has 0 saturated carbocycles. The van der Waals surface area contributed by atoms with Crippen LogP contribution in [0.2, 0.25) is 0 Å². The first kappa shape index (κ1) is 57.5. The molecule has 18 heteroatoms. The predicted molar refractivity (Wildman–Crippen MR) is 245 cm³/mol. The molecule has 0 aromatic heterocycles. The van der Waals surface area contributed by atoms with Crippen molar-refractivity contribution in [2.45, 2.75) is 205 Å². The van der Waals surface area contributed by atoms with Gasteiger partial charge in [-0.3, -0.25) is 14.4 Å². The number of cyclic esters (lactones) is 1. The molecule has 0 bridgehead atoms. The van der Waals surface area contributed by atoms with Crippen molar-refractivity contribution in [3.05, 3.63) is 12.7 Å². The molecule has 0 aromatic rings. The van der Waals surface area contributed by atoms with Crippen LogP contribution >= 0.6 is 0 Å². The van der Waals surface area contributed by atoms with Gasteiger partial charge in [0.15, 0.2) is 18.7 Å². The number of Topliss-reactive ketones (excluding diaryl/α,β-unsaturated/α-hetero) is 1. The highest BCUT2D eigenvalue weighted by atomic mass is 16.7. The molecule has 3 aliphatic rings. The standard InChI is InChI=1S/C48H85N3O15/c1-16-22-49-35(52)21-19-18-20-23-50-45(57)66-42-32(8)62-36(26-47(42,10)60-15)64-39-30(6)41(65-44-38(54)33(51(12)13)24-28(4)61-44)46(9,59-14)25-27(3)37(53)29(5)40(55)48(11,58)34(17-2)63-43(56)31(39)7/h16,27-34,36,38-42,44,54-55,58H,1,17-26H2,2-15H3,(H,49,52)(H,50,57)/t27-,28-,29+,30+,31-,32+,33+,34-,36+,38-,39+,40-,41-,42+,44+,46+,47-,48-/m1/s1. The zero-order chi connectivity index (χ0) is 49.9. The summed E-state index contributed by atoms with van der Waals surface area (Å²) in [4.78, 5) is 55.5. The van der Waals surface area contributed by atoms with Crippen molar-refractivity contribution in [2.24, 2.45) is 23.7 Å². The summed E-state index contributed by atoms with van der Waals surface area (Å²) in [6, 6.07) is -0.322. The molecular formula is C48H85N3O15. The maximum absolute atomic E-state index is 14.5. The van der Waals surface area contributed by atoms with Crippen molar-refractivity contribution in [3.63, 3.8) is 0 Å². The monoisotopic (exact) mass is 944 g/mol. The van der Waals surface area contributed by atoms with E-state index >= 15 is 0 Å². The molecule has 18 nitrogen and oxygen atoms in total. The molecule has 0 aromatic carbocycles. The van der Waals surface area contributed by atoms with Gasteiger partial charge < -0.3 is 68.7 Å². The normalized spacial score (nSPS) is 40.8. The van der Waals surface area contributed by atoms with E-state index in [1.165, 1.54) is 21.1 Å². The van der Waals surface area contributed by atoms with Gasteiger partial charge in [0.25, 0.3) is 0 Å². The molecule has 3 fully saturated rings. The summed E-state index contributed by atoms with van der Waals surface area (Å²) in [7, 11) is 6.73. The first-order valence-electron chi connectivity index (χ1n) is 23.8. The summed E-state index contributed by atoms with van der Waals surface area (Å²) in [5, 5.41) is 40.6. The van der Waals surface area contributed by atoms with E-state index < -0.39 is 108 Å². The van der Waals surface area contributed by atoms with Crippen LogP contribution in [0.15, 0.2) is 12.7 Å². The van der Waals surface area contributed by atoms with Crippen molar-refractivity contribution in [1.29, 1.82) is 0 Å². The van der Waals surface area contributed by atoms with Gasteiger partial charge in [0.2, 0.25) is 5.91 Å². The smallest absolute Gasteiger partial charge is 0.407 e. The van der Waals surface area contributed by atoms with Gasteiger partial charge in [-0.2, -0.15) is 0 Å². The van der Waals surface area contributed by atoms with Crippen LogP contribution < -0.4 is 10.6 Å². The van der Waals surface area contributed by atoms with E-state index in [4.69, 9.17) is 37.9 Å². The minimum Gasteiger partial charge on any atom is -0.459 e. The van der Waals surface area contributed by atoms with Gasteiger partial charge in [0.1, 0.15) is 29.2 Å². The Morgan fingerprint density at radius 3 is 2.12 bits per heavy atom. The lowest BCUT2D eigenvalue weighted by Gasteiger charge is -2.50. The molecule has 2 amide bonds. The molecule has 0 radical (unpaired) electrons. The Kier molecular flexibility index (Phi) is 22.0. The number of amides is 2. The summed E-state index contributed by atoms with van der Waals surface area (Å²) in [5.41, 5.74) is -4.47. The Morgan fingerprint density at radius 2 is 1.53 bits per heavy atom. The van der Waals surface area contributed by atoms with E-state index in [1.807, 2.05) is 32.8 Å². The number of alkyl carbamates (subject to hydrolysis) is 1. The Labute approximate surface area is 393 Å². The molecule has 0 aliphatic carbocycles. The number of methoxy groups -OCH3 is 2. The number of likely N-dealkylation sites (N-methyl/N-ethyl adjacent to an activating group) is 1. The molecule has 3 aliphatic heterocycles. The molecule has 3 saturated heterocycles. The minimum atomic E-state index is -2.01. The van der Waals surface area contributed by atoms with Gasteiger partial charge >= 0.3 is 12.1 Å². The fourth-order valence-electron chi connectivity index (χ4n) is 10.0. The lowest BCUT2D eigenvalue weighted by Crippen LogP contribution is -2.62. The number of aliphatic hydroxyl groups is 3. The molecular weight excluding hydrogens is 859 g/mol. The van der Waals surface area contributed by atoms with E-state index in [0.29, 0.717) is 38.8 Å². The number of carbonyl (C=O) groups excluding carboxylic acids is 4. The highest BCUT2D eigenvalue weighted by Gasteiger charge is 2.55. The quantitative estimate of drug-likeness (QED) is 0.0788. The summed E-state index contributed by atoms with van der Waals surface area (Å²) in [5.74, 6) is -4.81. The number of hydrogen-bond donors (Lipinski definition) is 5. The highest BCUT2D eigenvalue weighted by Crippen LogP contribution is 2.42. The van der Waals surface area contributed by atoms with Crippen LogP contribution in [0.1, 0.15) is 121 Å². The third-order valence-electron chi connectivity index (χ3n) is 14.3. The Morgan fingerprint density at radius 1 is 0.894 bits per heavy atom. The average Bonchev–Trinajstić information content (AvgIpc) is 3.27. The molecule has 3 rings (SSSR count). The van der Waals surface area contributed by atoms with Gasteiger partial charge in [0, 0.05) is 63.9 Å². The second kappa shape index (κ2) is 25.2. The molecule has 0 spiro atoms. The maximum atomic E-state index is 14.5. The minimum absolute atomic E-state index is 0.0478. The summed E-state index contributed by atoms with van der Waals surface area (Å²) in [6.45, 7) is 21.3.